The van der Waals surface area contributed by atoms with Crippen molar-refractivity contribution in [3.05, 3.63) is 63.6 Å². The molecule has 1 nitrogen and oxygen atoms in total. The van der Waals surface area contributed by atoms with Gasteiger partial charge in [0.25, 0.3) is 0 Å². The first-order valence-electron chi connectivity index (χ1n) is 5.40. The fraction of sp³-hybridized carbons (Fsp3) is 0.143. The van der Waals surface area contributed by atoms with Crippen LogP contribution in [0.3, 0.4) is 0 Å². The fourth-order valence-electron chi connectivity index (χ4n) is 1.64. The zero-order valence-electron chi connectivity index (χ0n) is 9.50. The zero-order chi connectivity index (χ0) is 12.3. The molecule has 88 valence electrons. The summed E-state index contributed by atoms with van der Waals surface area (Å²) >= 11 is 12.1. The predicted octanol–water partition coefficient (Wildman–Crippen LogP) is 4.91. The highest BCUT2D eigenvalue weighted by Crippen LogP contribution is 2.26. The maximum atomic E-state index is 6.12. The lowest BCUT2D eigenvalue weighted by molar-refractivity contribution is 1.15. The summed E-state index contributed by atoms with van der Waals surface area (Å²) in [4.78, 5) is 0. The number of benzene rings is 2. The first-order valence-corrected chi connectivity index (χ1v) is 6.16. The summed E-state index contributed by atoms with van der Waals surface area (Å²) in [5.41, 5.74) is 3.31. The van der Waals surface area contributed by atoms with E-state index in [1.165, 1.54) is 5.56 Å². The Balaban J connectivity index is 2.10. The van der Waals surface area contributed by atoms with Crippen molar-refractivity contribution in [2.75, 3.05) is 5.32 Å². The molecule has 3 heteroatoms. The van der Waals surface area contributed by atoms with E-state index in [1.807, 2.05) is 24.3 Å². The van der Waals surface area contributed by atoms with Gasteiger partial charge in [-0.1, -0.05) is 47.5 Å². The lowest BCUT2D eigenvalue weighted by Crippen LogP contribution is -2.00. The molecular weight excluding hydrogens is 253 g/mol. The minimum absolute atomic E-state index is 0.593. The van der Waals surface area contributed by atoms with Gasteiger partial charge in [0, 0.05) is 12.2 Å². The Morgan fingerprint density at radius 3 is 2.59 bits per heavy atom. The van der Waals surface area contributed by atoms with Crippen molar-refractivity contribution in [3.63, 3.8) is 0 Å². The van der Waals surface area contributed by atoms with Gasteiger partial charge in [-0.3, -0.25) is 0 Å². The van der Waals surface area contributed by atoms with E-state index in [9.17, 15) is 0 Å². The van der Waals surface area contributed by atoms with E-state index in [4.69, 9.17) is 23.2 Å². The van der Waals surface area contributed by atoms with Gasteiger partial charge >= 0.3 is 0 Å². The normalized spacial score (nSPS) is 10.3. The molecule has 1 N–H and O–H groups in total. The van der Waals surface area contributed by atoms with Gasteiger partial charge in [0.1, 0.15) is 0 Å². The Labute approximate surface area is 111 Å². The summed E-state index contributed by atoms with van der Waals surface area (Å²) in [6, 6.07) is 13.9. The van der Waals surface area contributed by atoms with Crippen LogP contribution in [0.1, 0.15) is 11.1 Å². The number of anilines is 1. The van der Waals surface area contributed by atoms with Crippen LogP contribution in [0.15, 0.2) is 42.5 Å². The van der Waals surface area contributed by atoms with Crippen LogP contribution in [0.2, 0.25) is 10.0 Å². The topological polar surface area (TPSA) is 12.0 Å². The van der Waals surface area contributed by atoms with Crippen LogP contribution in [0.5, 0.6) is 0 Å². The lowest BCUT2D eigenvalue weighted by atomic mass is 10.2. The molecule has 0 aliphatic heterocycles. The van der Waals surface area contributed by atoms with E-state index >= 15 is 0 Å². The molecule has 0 radical (unpaired) electrons. The Morgan fingerprint density at radius 2 is 1.82 bits per heavy atom. The van der Waals surface area contributed by atoms with Crippen molar-refractivity contribution in [2.45, 2.75) is 13.5 Å². The number of aryl methyl sites for hydroxylation is 1. The average molecular weight is 266 g/mol. The van der Waals surface area contributed by atoms with Crippen molar-refractivity contribution in [3.8, 4) is 0 Å². The molecular formula is C14H13Cl2N. The minimum Gasteiger partial charge on any atom is -0.381 e. The second kappa shape index (κ2) is 5.44. The summed E-state index contributed by atoms with van der Waals surface area (Å²) in [7, 11) is 0. The molecule has 0 heterocycles. The maximum Gasteiger partial charge on any atom is 0.0642 e. The van der Waals surface area contributed by atoms with Crippen molar-refractivity contribution < 1.29 is 0 Å². The molecule has 0 fully saturated rings. The fourth-order valence-corrected chi connectivity index (χ4v) is 2.02. The van der Waals surface area contributed by atoms with Gasteiger partial charge in [0.2, 0.25) is 0 Å². The predicted molar refractivity (Wildman–Crippen MR) is 75.0 cm³/mol. The molecule has 0 saturated carbocycles. The molecule has 0 spiro atoms. The number of hydrogen-bond acceptors (Lipinski definition) is 1. The third-order valence-corrected chi connectivity index (χ3v) is 3.39. The van der Waals surface area contributed by atoms with Gasteiger partial charge in [-0.15, -0.1) is 0 Å². The third kappa shape index (κ3) is 3.15. The molecule has 0 unspecified atom stereocenters. The highest BCUT2D eigenvalue weighted by Gasteiger charge is 2.03. The van der Waals surface area contributed by atoms with Crippen LogP contribution >= 0.6 is 23.2 Å². The molecule has 0 atom stereocenters. The lowest BCUT2D eigenvalue weighted by Gasteiger charge is -2.09. The van der Waals surface area contributed by atoms with Crippen LogP contribution in [0, 0.1) is 6.92 Å². The Hall–Kier alpha value is -1.18. The summed E-state index contributed by atoms with van der Waals surface area (Å²) in [6.07, 6.45) is 0. The quantitative estimate of drug-likeness (QED) is 0.831. The number of rotatable bonds is 3. The standard InChI is InChI=1S/C14H13Cl2N/c1-10-4-2-6-12(8-10)17-9-11-5-3-7-13(15)14(11)16/h2-8,17H,9H2,1H3. The zero-order valence-corrected chi connectivity index (χ0v) is 11.0. The second-order valence-corrected chi connectivity index (χ2v) is 4.72. The third-order valence-electron chi connectivity index (χ3n) is 2.53. The smallest absolute Gasteiger partial charge is 0.0642 e. The molecule has 0 bridgehead atoms. The summed E-state index contributed by atoms with van der Waals surface area (Å²) < 4.78 is 0. The molecule has 2 rings (SSSR count). The van der Waals surface area contributed by atoms with E-state index in [0.29, 0.717) is 16.6 Å². The van der Waals surface area contributed by atoms with Gasteiger partial charge in [0.05, 0.1) is 10.0 Å². The first kappa shape index (κ1) is 12.3. The first-order chi connectivity index (χ1) is 8.16. The highest BCUT2D eigenvalue weighted by molar-refractivity contribution is 6.42. The van der Waals surface area contributed by atoms with Gasteiger partial charge in [-0.05, 0) is 36.2 Å². The van der Waals surface area contributed by atoms with E-state index in [0.717, 1.165) is 11.3 Å². The van der Waals surface area contributed by atoms with E-state index in [2.05, 4.69) is 24.4 Å². The van der Waals surface area contributed by atoms with Gasteiger partial charge in [-0.25, -0.2) is 0 Å². The molecule has 2 aromatic carbocycles. The van der Waals surface area contributed by atoms with Crippen molar-refractivity contribution in [1.29, 1.82) is 0 Å². The number of nitrogens with one attached hydrogen (secondary N) is 1. The molecule has 0 amide bonds. The van der Waals surface area contributed by atoms with Crippen LogP contribution in [-0.2, 0) is 6.54 Å². The van der Waals surface area contributed by atoms with Crippen LogP contribution in [0.4, 0.5) is 5.69 Å². The van der Waals surface area contributed by atoms with E-state index in [1.54, 1.807) is 6.07 Å². The maximum absolute atomic E-state index is 6.12. The highest BCUT2D eigenvalue weighted by atomic mass is 35.5. The van der Waals surface area contributed by atoms with Crippen molar-refractivity contribution in [1.82, 2.24) is 0 Å². The summed E-state index contributed by atoms with van der Waals surface area (Å²) in [6.45, 7) is 2.74. The van der Waals surface area contributed by atoms with E-state index < -0.39 is 0 Å². The molecule has 0 aliphatic carbocycles. The Bertz CT molecular complexity index is 523. The molecule has 0 aromatic heterocycles. The largest absolute Gasteiger partial charge is 0.381 e. The van der Waals surface area contributed by atoms with E-state index in [-0.39, 0.29) is 0 Å². The molecule has 0 aliphatic rings. The molecule has 2 aromatic rings. The Morgan fingerprint density at radius 1 is 1.06 bits per heavy atom. The van der Waals surface area contributed by atoms with Crippen LogP contribution in [0.25, 0.3) is 0 Å². The monoisotopic (exact) mass is 265 g/mol. The van der Waals surface area contributed by atoms with Crippen molar-refractivity contribution >= 4 is 28.9 Å². The summed E-state index contributed by atoms with van der Waals surface area (Å²) in [5, 5.41) is 4.54. The van der Waals surface area contributed by atoms with Gasteiger partial charge < -0.3 is 5.32 Å². The number of halogens is 2. The van der Waals surface area contributed by atoms with Gasteiger partial charge in [0.15, 0.2) is 0 Å². The SMILES string of the molecule is Cc1cccc(NCc2cccc(Cl)c2Cl)c1. The van der Waals surface area contributed by atoms with Gasteiger partial charge in [-0.2, -0.15) is 0 Å². The minimum atomic E-state index is 0.593. The van der Waals surface area contributed by atoms with Crippen molar-refractivity contribution in [2.24, 2.45) is 0 Å². The Kier molecular flexibility index (Phi) is 3.93. The summed E-state index contributed by atoms with van der Waals surface area (Å²) in [5.74, 6) is 0. The molecule has 0 saturated heterocycles. The number of hydrogen-bond donors (Lipinski definition) is 1. The van der Waals surface area contributed by atoms with Crippen LogP contribution in [-0.4, -0.2) is 0 Å². The molecule has 17 heavy (non-hydrogen) atoms. The van der Waals surface area contributed by atoms with Crippen LogP contribution < -0.4 is 5.32 Å². The average Bonchev–Trinajstić information content (AvgIpc) is 2.31. The second-order valence-electron chi connectivity index (χ2n) is 3.94.